The number of hydrogen-bond acceptors (Lipinski definition) is 2. The predicted molar refractivity (Wildman–Crippen MR) is 68.1 cm³/mol. The van der Waals surface area contributed by atoms with Gasteiger partial charge in [0.1, 0.15) is 5.69 Å². The Morgan fingerprint density at radius 3 is 2.65 bits per heavy atom. The Hall–Kier alpha value is -2.16. The summed E-state index contributed by atoms with van der Waals surface area (Å²) in [5, 5.41) is 2.85. The van der Waals surface area contributed by atoms with E-state index in [2.05, 4.69) is 10.3 Å². The number of aryl methyl sites for hydroxylation is 2. The highest BCUT2D eigenvalue weighted by Crippen LogP contribution is 2.14. The Morgan fingerprint density at radius 2 is 1.94 bits per heavy atom. The lowest BCUT2D eigenvalue weighted by atomic mass is 10.2. The molecule has 0 aliphatic rings. The van der Waals surface area contributed by atoms with Gasteiger partial charge in [-0.25, -0.2) is 0 Å². The van der Waals surface area contributed by atoms with Crippen LogP contribution in [0.1, 0.15) is 21.6 Å². The van der Waals surface area contributed by atoms with Gasteiger partial charge in [-0.3, -0.25) is 9.78 Å². The van der Waals surface area contributed by atoms with Crippen molar-refractivity contribution in [1.29, 1.82) is 0 Å². The Labute approximate surface area is 101 Å². The zero-order valence-corrected chi connectivity index (χ0v) is 9.90. The molecule has 2 rings (SSSR count). The van der Waals surface area contributed by atoms with E-state index in [0.717, 1.165) is 16.8 Å². The fraction of sp³-hybridized carbons (Fsp3) is 0.143. The van der Waals surface area contributed by atoms with E-state index in [0.29, 0.717) is 5.69 Å². The molecule has 0 saturated carbocycles. The van der Waals surface area contributed by atoms with E-state index in [1.54, 1.807) is 12.3 Å². The van der Waals surface area contributed by atoms with Crippen molar-refractivity contribution >= 4 is 11.6 Å². The van der Waals surface area contributed by atoms with E-state index in [1.165, 1.54) is 0 Å². The van der Waals surface area contributed by atoms with Gasteiger partial charge in [0.25, 0.3) is 5.91 Å². The number of pyridine rings is 1. The van der Waals surface area contributed by atoms with Crippen LogP contribution in [0.25, 0.3) is 0 Å². The normalized spacial score (nSPS) is 10.0. The van der Waals surface area contributed by atoms with Crippen LogP contribution in [0, 0.1) is 13.8 Å². The van der Waals surface area contributed by atoms with E-state index in [1.807, 2.05) is 44.2 Å². The van der Waals surface area contributed by atoms with Gasteiger partial charge in [-0.15, -0.1) is 0 Å². The molecule has 0 aliphatic heterocycles. The molecule has 2 aromatic rings. The third-order valence-corrected chi connectivity index (χ3v) is 2.54. The number of para-hydroxylation sites is 1. The molecule has 1 heterocycles. The number of anilines is 1. The molecule has 0 saturated heterocycles. The number of rotatable bonds is 2. The SMILES string of the molecule is Cc1ccnc(C(=O)Nc2ccccc2C)c1. The molecular formula is C14H14N2O. The average molecular weight is 226 g/mol. The lowest BCUT2D eigenvalue weighted by Crippen LogP contribution is -2.14. The monoisotopic (exact) mass is 226 g/mol. The number of nitrogens with zero attached hydrogens (tertiary/aromatic N) is 1. The lowest BCUT2D eigenvalue weighted by Gasteiger charge is -2.07. The standard InChI is InChI=1S/C14H14N2O/c1-10-7-8-15-13(9-10)14(17)16-12-6-4-3-5-11(12)2/h3-9H,1-2H3,(H,16,17). The van der Waals surface area contributed by atoms with Crippen LogP contribution in [-0.4, -0.2) is 10.9 Å². The quantitative estimate of drug-likeness (QED) is 0.855. The first kappa shape index (κ1) is 11.3. The fourth-order valence-corrected chi connectivity index (χ4v) is 1.56. The smallest absolute Gasteiger partial charge is 0.274 e. The summed E-state index contributed by atoms with van der Waals surface area (Å²) < 4.78 is 0. The van der Waals surface area contributed by atoms with Crippen molar-refractivity contribution < 1.29 is 4.79 Å². The summed E-state index contributed by atoms with van der Waals surface area (Å²) in [5.41, 5.74) is 3.32. The number of hydrogen-bond donors (Lipinski definition) is 1. The first-order valence-electron chi connectivity index (χ1n) is 5.46. The van der Waals surface area contributed by atoms with Crippen LogP contribution in [0.5, 0.6) is 0 Å². The van der Waals surface area contributed by atoms with Crippen molar-refractivity contribution in [3.63, 3.8) is 0 Å². The molecule has 3 heteroatoms. The molecule has 1 aromatic heterocycles. The minimum Gasteiger partial charge on any atom is -0.320 e. The summed E-state index contributed by atoms with van der Waals surface area (Å²) in [5.74, 6) is -0.178. The van der Waals surface area contributed by atoms with Gasteiger partial charge in [0.05, 0.1) is 0 Å². The zero-order chi connectivity index (χ0) is 12.3. The van der Waals surface area contributed by atoms with Gasteiger partial charge in [0.2, 0.25) is 0 Å². The summed E-state index contributed by atoms with van der Waals surface area (Å²) in [6.45, 7) is 3.89. The Balaban J connectivity index is 2.20. The van der Waals surface area contributed by atoms with Crippen LogP contribution in [0.2, 0.25) is 0 Å². The molecule has 0 fully saturated rings. The van der Waals surface area contributed by atoms with Crippen LogP contribution in [0.15, 0.2) is 42.6 Å². The molecule has 1 aromatic carbocycles. The van der Waals surface area contributed by atoms with Gasteiger partial charge in [0.15, 0.2) is 0 Å². The van der Waals surface area contributed by atoms with E-state index in [9.17, 15) is 4.79 Å². The molecule has 0 radical (unpaired) electrons. The number of benzene rings is 1. The largest absolute Gasteiger partial charge is 0.320 e. The van der Waals surface area contributed by atoms with Crippen molar-refractivity contribution in [2.24, 2.45) is 0 Å². The predicted octanol–water partition coefficient (Wildman–Crippen LogP) is 2.95. The summed E-state index contributed by atoms with van der Waals surface area (Å²) in [6, 6.07) is 11.3. The number of aromatic nitrogens is 1. The molecule has 0 atom stereocenters. The highest BCUT2D eigenvalue weighted by Gasteiger charge is 2.08. The van der Waals surface area contributed by atoms with Gasteiger partial charge in [-0.1, -0.05) is 18.2 Å². The molecular weight excluding hydrogens is 212 g/mol. The molecule has 3 nitrogen and oxygen atoms in total. The van der Waals surface area contributed by atoms with Gasteiger partial charge in [-0.2, -0.15) is 0 Å². The molecule has 86 valence electrons. The second-order valence-corrected chi connectivity index (χ2v) is 3.99. The third-order valence-electron chi connectivity index (χ3n) is 2.54. The van der Waals surface area contributed by atoms with Crippen LogP contribution >= 0.6 is 0 Å². The Kier molecular flexibility index (Phi) is 3.19. The first-order valence-corrected chi connectivity index (χ1v) is 5.46. The summed E-state index contributed by atoms with van der Waals surface area (Å²) in [4.78, 5) is 16.0. The molecule has 0 bridgehead atoms. The third kappa shape index (κ3) is 2.69. The molecule has 0 spiro atoms. The minimum atomic E-state index is -0.178. The number of carbonyl (C=O) groups excluding carboxylic acids is 1. The van der Waals surface area contributed by atoms with Crippen molar-refractivity contribution in [2.45, 2.75) is 13.8 Å². The van der Waals surface area contributed by atoms with Crippen molar-refractivity contribution in [3.8, 4) is 0 Å². The minimum absolute atomic E-state index is 0.178. The zero-order valence-electron chi connectivity index (χ0n) is 9.90. The Bertz CT molecular complexity index is 549. The molecule has 1 amide bonds. The molecule has 17 heavy (non-hydrogen) atoms. The number of amides is 1. The van der Waals surface area contributed by atoms with E-state index < -0.39 is 0 Å². The van der Waals surface area contributed by atoms with Crippen LogP contribution in [-0.2, 0) is 0 Å². The van der Waals surface area contributed by atoms with Gasteiger partial charge >= 0.3 is 0 Å². The second-order valence-electron chi connectivity index (χ2n) is 3.99. The molecule has 0 unspecified atom stereocenters. The maximum Gasteiger partial charge on any atom is 0.274 e. The second kappa shape index (κ2) is 4.78. The maximum absolute atomic E-state index is 11.9. The molecule has 0 aliphatic carbocycles. The Morgan fingerprint density at radius 1 is 1.18 bits per heavy atom. The first-order chi connectivity index (χ1) is 8.16. The lowest BCUT2D eigenvalue weighted by molar-refractivity contribution is 0.102. The van der Waals surface area contributed by atoms with Gasteiger partial charge in [-0.05, 0) is 43.2 Å². The van der Waals surface area contributed by atoms with Crippen LogP contribution in [0.4, 0.5) is 5.69 Å². The van der Waals surface area contributed by atoms with Gasteiger partial charge < -0.3 is 5.32 Å². The number of nitrogens with one attached hydrogen (secondary N) is 1. The molecule has 1 N–H and O–H groups in total. The van der Waals surface area contributed by atoms with E-state index >= 15 is 0 Å². The number of carbonyl (C=O) groups is 1. The fourth-order valence-electron chi connectivity index (χ4n) is 1.56. The maximum atomic E-state index is 11.9. The van der Waals surface area contributed by atoms with Gasteiger partial charge in [0, 0.05) is 11.9 Å². The highest BCUT2D eigenvalue weighted by molar-refractivity contribution is 6.03. The van der Waals surface area contributed by atoms with Crippen molar-refractivity contribution in [1.82, 2.24) is 4.98 Å². The van der Waals surface area contributed by atoms with Crippen LogP contribution < -0.4 is 5.32 Å². The summed E-state index contributed by atoms with van der Waals surface area (Å²) >= 11 is 0. The van der Waals surface area contributed by atoms with Crippen LogP contribution in [0.3, 0.4) is 0 Å². The highest BCUT2D eigenvalue weighted by atomic mass is 16.1. The van der Waals surface area contributed by atoms with E-state index in [4.69, 9.17) is 0 Å². The summed E-state index contributed by atoms with van der Waals surface area (Å²) in [7, 11) is 0. The summed E-state index contributed by atoms with van der Waals surface area (Å²) in [6.07, 6.45) is 1.64. The van der Waals surface area contributed by atoms with Crippen molar-refractivity contribution in [2.75, 3.05) is 5.32 Å². The average Bonchev–Trinajstić information content (AvgIpc) is 2.32. The van der Waals surface area contributed by atoms with E-state index in [-0.39, 0.29) is 5.91 Å². The topological polar surface area (TPSA) is 42.0 Å². The van der Waals surface area contributed by atoms with Crippen molar-refractivity contribution in [3.05, 3.63) is 59.4 Å².